The van der Waals surface area contributed by atoms with Crippen molar-refractivity contribution < 1.29 is 9.47 Å². The van der Waals surface area contributed by atoms with E-state index in [9.17, 15) is 0 Å². The summed E-state index contributed by atoms with van der Waals surface area (Å²) in [6.45, 7) is 3.28. The Kier molecular flexibility index (Phi) is 3.87. The quantitative estimate of drug-likeness (QED) is 0.768. The summed E-state index contributed by atoms with van der Waals surface area (Å²) >= 11 is 0. The fourth-order valence-electron chi connectivity index (χ4n) is 3.93. The summed E-state index contributed by atoms with van der Waals surface area (Å²) in [4.78, 5) is 2.72. The molecule has 0 radical (unpaired) electrons. The molecular weight excluding hydrogens is 274 g/mol. The second kappa shape index (κ2) is 5.86. The van der Waals surface area contributed by atoms with Gasteiger partial charge in [-0.25, -0.2) is 0 Å². The van der Waals surface area contributed by atoms with Gasteiger partial charge in [0, 0.05) is 31.2 Å². The monoisotopic (exact) mass is 301 g/mol. The molecule has 0 bridgehead atoms. The van der Waals surface area contributed by atoms with Gasteiger partial charge in [-0.2, -0.15) is 0 Å². The predicted molar refractivity (Wildman–Crippen MR) is 87.1 cm³/mol. The van der Waals surface area contributed by atoms with Crippen LogP contribution in [0.1, 0.15) is 44.1 Å². The Morgan fingerprint density at radius 1 is 1.18 bits per heavy atom. The molecule has 1 atom stereocenters. The van der Waals surface area contributed by atoms with Crippen LogP contribution in [0.15, 0.2) is 24.3 Å². The summed E-state index contributed by atoms with van der Waals surface area (Å²) in [6, 6.07) is 9.38. The van der Waals surface area contributed by atoms with Crippen LogP contribution in [0.2, 0.25) is 0 Å². The highest BCUT2D eigenvalue weighted by Gasteiger charge is 2.52. The van der Waals surface area contributed by atoms with E-state index >= 15 is 0 Å². The van der Waals surface area contributed by atoms with Gasteiger partial charge in [-0.15, -0.1) is 0 Å². The molecule has 3 heteroatoms. The molecule has 3 nitrogen and oxygen atoms in total. The zero-order valence-electron chi connectivity index (χ0n) is 13.6. The van der Waals surface area contributed by atoms with Crippen LogP contribution in [-0.2, 0) is 11.3 Å². The topological polar surface area (TPSA) is 21.7 Å². The van der Waals surface area contributed by atoms with Crippen LogP contribution in [0.3, 0.4) is 0 Å². The maximum absolute atomic E-state index is 6.02. The lowest BCUT2D eigenvalue weighted by atomic mass is 9.95. The van der Waals surface area contributed by atoms with Gasteiger partial charge >= 0.3 is 0 Å². The molecule has 0 amide bonds. The van der Waals surface area contributed by atoms with Crippen molar-refractivity contribution in [3.63, 3.8) is 0 Å². The fraction of sp³-hybridized carbons (Fsp3) is 0.684. The Balaban J connectivity index is 1.42. The van der Waals surface area contributed by atoms with Crippen molar-refractivity contribution in [2.75, 3.05) is 20.3 Å². The standard InChI is InChI=1S/C19H27NO2/c1-21-17-8-4-15(5-9-17)13-20(16-6-7-16)14-19(10-11-19)18-3-2-12-22-18/h4-5,8-9,16,18H,2-3,6-7,10-14H2,1H3. The van der Waals surface area contributed by atoms with Gasteiger partial charge in [-0.05, 0) is 56.2 Å². The smallest absolute Gasteiger partial charge is 0.118 e. The molecule has 0 N–H and O–H groups in total. The van der Waals surface area contributed by atoms with E-state index in [1.807, 2.05) is 0 Å². The molecule has 1 aromatic carbocycles. The SMILES string of the molecule is COc1ccc(CN(CC2(C3CCCO3)CC2)C2CC2)cc1. The Hall–Kier alpha value is -1.06. The largest absolute Gasteiger partial charge is 0.497 e. The van der Waals surface area contributed by atoms with Crippen LogP contribution in [0.25, 0.3) is 0 Å². The van der Waals surface area contributed by atoms with Crippen molar-refractivity contribution in [3.8, 4) is 5.75 Å². The molecule has 2 aliphatic carbocycles. The van der Waals surface area contributed by atoms with Gasteiger partial charge in [0.25, 0.3) is 0 Å². The lowest BCUT2D eigenvalue weighted by Crippen LogP contribution is -2.37. The van der Waals surface area contributed by atoms with Gasteiger partial charge in [-0.1, -0.05) is 12.1 Å². The molecule has 4 rings (SSSR count). The predicted octanol–water partition coefficient (Wildman–Crippen LogP) is 3.62. The highest BCUT2D eigenvalue weighted by molar-refractivity contribution is 5.27. The summed E-state index contributed by atoms with van der Waals surface area (Å²) < 4.78 is 11.3. The molecule has 0 aromatic heterocycles. The molecule has 1 unspecified atom stereocenters. The summed E-state index contributed by atoms with van der Waals surface area (Å²) in [6.07, 6.45) is 8.54. The number of ether oxygens (including phenoxy) is 2. The van der Waals surface area contributed by atoms with Crippen LogP contribution < -0.4 is 4.74 Å². The molecule has 1 heterocycles. The molecule has 22 heavy (non-hydrogen) atoms. The van der Waals surface area contributed by atoms with Crippen LogP contribution >= 0.6 is 0 Å². The lowest BCUT2D eigenvalue weighted by molar-refractivity contribution is 0.0294. The maximum Gasteiger partial charge on any atom is 0.118 e. The van der Waals surface area contributed by atoms with Crippen LogP contribution in [0.4, 0.5) is 0 Å². The third-order valence-corrected chi connectivity index (χ3v) is 5.63. The number of nitrogens with zero attached hydrogens (tertiary/aromatic N) is 1. The molecule has 0 spiro atoms. The van der Waals surface area contributed by atoms with E-state index in [2.05, 4.69) is 29.2 Å². The van der Waals surface area contributed by atoms with Crippen molar-refractivity contribution in [3.05, 3.63) is 29.8 Å². The molecule has 3 fully saturated rings. The van der Waals surface area contributed by atoms with Gasteiger partial charge in [0.2, 0.25) is 0 Å². The van der Waals surface area contributed by atoms with E-state index < -0.39 is 0 Å². The zero-order chi connectivity index (χ0) is 15.0. The minimum absolute atomic E-state index is 0.478. The molecule has 1 aromatic rings. The molecule has 120 valence electrons. The summed E-state index contributed by atoms with van der Waals surface area (Å²) in [5.74, 6) is 0.944. The van der Waals surface area contributed by atoms with Gasteiger partial charge in [0.1, 0.15) is 5.75 Å². The summed E-state index contributed by atoms with van der Waals surface area (Å²) in [5, 5.41) is 0. The summed E-state index contributed by atoms with van der Waals surface area (Å²) in [7, 11) is 1.73. The molecule has 1 aliphatic heterocycles. The number of methoxy groups -OCH3 is 1. The normalized spacial score (nSPS) is 26.4. The molecule has 1 saturated heterocycles. The van der Waals surface area contributed by atoms with Crippen molar-refractivity contribution in [1.29, 1.82) is 0 Å². The highest BCUT2D eigenvalue weighted by Crippen LogP contribution is 2.54. The first-order chi connectivity index (χ1) is 10.8. The minimum Gasteiger partial charge on any atom is -0.497 e. The van der Waals surface area contributed by atoms with E-state index in [4.69, 9.17) is 9.47 Å². The van der Waals surface area contributed by atoms with E-state index in [0.29, 0.717) is 11.5 Å². The van der Waals surface area contributed by atoms with E-state index in [1.54, 1.807) is 7.11 Å². The highest BCUT2D eigenvalue weighted by atomic mass is 16.5. The average molecular weight is 301 g/mol. The van der Waals surface area contributed by atoms with Crippen LogP contribution in [0, 0.1) is 5.41 Å². The second-order valence-corrected chi connectivity index (χ2v) is 7.35. The van der Waals surface area contributed by atoms with Crippen molar-refractivity contribution in [2.45, 2.75) is 57.2 Å². The van der Waals surface area contributed by atoms with Crippen molar-refractivity contribution >= 4 is 0 Å². The first-order valence-corrected chi connectivity index (χ1v) is 8.78. The van der Waals surface area contributed by atoms with Gasteiger partial charge in [-0.3, -0.25) is 4.90 Å². The second-order valence-electron chi connectivity index (χ2n) is 7.35. The molecular formula is C19H27NO2. The van der Waals surface area contributed by atoms with Gasteiger partial charge in [0.05, 0.1) is 13.2 Å². The summed E-state index contributed by atoms with van der Waals surface area (Å²) in [5.41, 5.74) is 1.88. The average Bonchev–Trinajstić information content (AvgIpc) is 3.48. The first kappa shape index (κ1) is 14.5. The number of hydrogen-bond acceptors (Lipinski definition) is 3. The van der Waals surface area contributed by atoms with E-state index in [1.165, 1.54) is 50.6 Å². The maximum atomic E-state index is 6.02. The van der Waals surface area contributed by atoms with Crippen LogP contribution in [0.5, 0.6) is 5.75 Å². The molecule has 3 aliphatic rings. The van der Waals surface area contributed by atoms with Crippen molar-refractivity contribution in [2.24, 2.45) is 5.41 Å². The Morgan fingerprint density at radius 2 is 1.95 bits per heavy atom. The number of rotatable bonds is 7. The zero-order valence-corrected chi connectivity index (χ0v) is 13.6. The Labute approximate surface area is 133 Å². The third kappa shape index (κ3) is 3.02. The van der Waals surface area contributed by atoms with Gasteiger partial charge in [0.15, 0.2) is 0 Å². The van der Waals surface area contributed by atoms with E-state index in [0.717, 1.165) is 24.9 Å². The van der Waals surface area contributed by atoms with Gasteiger partial charge < -0.3 is 9.47 Å². The van der Waals surface area contributed by atoms with Crippen LogP contribution in [-0.4, -0.2) is 37.3 Å². The minimum atomic E-state index is 0.478. The Morgan fingerprint density at radius 3 is 2.50 bits per heavy atom. The van der Waals surface area contributed by atoms with Crippen molar-refractivity contribution in [1.82, 2.24) is 4.90 Å². The fourth-order valence-corrected chi connectivity index (χ4v) is 3.93. The number of hydrogen-bond donors (Lipinski definition) is 0. The lowest BCUT2D eigenvalue weighted by Gasteiger charge is -2.31. The Bertz CT molecular complexity index is 499. The van der Waals surface area contributed by atoms with E-state index in [-0.39, 0.29) is 0 Å². The molecule has 2 saturated carbocycles. The third-order valence-electron chi connectivity index (χ3n) is 5.63. The number of benzene rings is 1. The first-order valence-electron chi connectivity index (χ1n) is 8.78.